The van der Waals surface area contributed by atoms with Crippen molar-refractivity contribution in [2.75, 3.05) is 0 Å². The van der Waals surface area contributed by atoms with Crippen LogP contribution in [0.3, 0.4) is 0 Å². The number of nitrogens with zero attached hydrogens (tertiary/aromatic N) is 1. The molecule has 2 saturated carbocycles. The molecule has 2 rings (SSSR count). The largest absolute Gasteiger partial charge is 0.462 e. The first-order valence-electron chi connectivity index (χ1n) is 8.55. The number of rotatable bonds is 4. The molecule has 2 aliphatic carbocycles. The van der Waals surface area contributed by atoms with E-state index < -0.39 is 0 Å². The van der Waals surface area contributed by atoms with Gasteiger partial charge in [-0.15, -0.1) is 0 Å². The van der Waals surface area contributed by atoms with E-state index in [1.165, 1.54) is 6.08 Å². The quantitative estimate of drug-likeness (QED) is 0.587. The van der Waals surface area contributed by atoms with Gasteiger partial charge in [0.25, 0.3) is 0 Å². The van der Waals surface area contributed by atoms with E-state index in [-0.39, 0.29) is 36.0 Å². The standard InChI is InChI=1S/C18H25NO4/c1-2-3-17(20)22-15-10-6-14(7-11-15)18(21)23-16-8-4-13(12-19)5-9-16/h2-3,13-16H,4-11H2,1H3/b3-2+. The molecule has 0 aliphatic heterocycles. The number of nitriles is 1. The molecule has 0 bridgehead atoms. The van der Waals surface area contributed by atoms with Crippen LogP contribution in [0.1, 0.15) is 58.3 Å². The predicted octanol–water partition coefficient (Wildman–Crippen LogP) is 3.29. The van der Waals surface area contributed by atoms with Gasteiger partial charge in [0.15, 0.2) is 0 Å². The highest BCUT2D eigenvalue weighted by Gasteiger charge is 2.31. The van der Waals surface area contributed by atoms with Gasteiger partial charge in [-0.05, 0) is 58.3 Å². The van der Waals surface area contributed by atoms with Gasteiger partial charge in [-0.2, -0.15) is 5.26 Å². The lowest BCUT2D eigenvalue weighted by Gasteiger charge is -2.30. The molecule has 126 valence electrons. The highest BCUT2D eigenvalue weighted by atomic mass is 16.5. The molecule has 5 nitrogen and oxygen atoms in total. The molecule has 2 fully saturated rings. The van der Waals surface area contributed by atoms with E-state index in [0.717, 1.165) is 25.7 Å². The molecule has 0 radical (unpaired) electrons. The predicted molar refractivity (Wildman–Crippen MR) is 84.1 cm³/mol. The Morgan fingerprint density at radius 3 is 2.09 bits per heavy atom. The summed E-state index contributed by atoms with van der Waals surface area (Å²) in [5.74, 6) is -0.399. The van der Waals surface area contributed by atoms with Gasteiger partial charge in [0, 0.05) is 12.0 Å². The van der Waals surface area contributed by atoms with Crippen molar-refractivity contribution in [3.05, 3.63) is 12.2 Å². The summed E-state index contributed by atoms with van der Waals surface area (Å²) < 4.78 is 10.9. The van der Waals surface area contributed by atoms with E-state index in [4.69, 9.17) is 14.7 Å². The van der Waals surface area contributed by atoms with E-state index in [1.807, 2.05) is 0 Å². The van der Waals surface area contributed by atoms with Crippen LogP contribution in [0.2, 0.25) is 0 Å². The van der Waals surface area contributed by atoms with E-state index in [2.05, 4.69) is 6.07 Å². The molecule has 0 N–H and O–H groups in total. The summed E-state index contributed by atoms with van der Waals surface area (Å²) in [4.78, 5) is 23.7. The molecule has 2 aliphatic rings. The van der Waals surface area contributed by atoms with Crippen LogP contribution >= 0.6 is 0 Å². The van der Waals surface area contributed by atoms with Crippen LogP contribution in [0.4, 0.5) is 0 Å². The topological polar surface area (TPSA) is 76.4 Å². The van der Waals surface area contributed by atoms with Crippen molar-refractivity contribution in [3.63, 3.8) is 0 Å². The van der Waals surface area contributed by atoms with Crippen molar-refractivity contribution < 1.29 is 19.1 Å². The minimum atomic E-state index is -0.312. The number of hydrogen-bond donors (Lipinski definition) is 0. The Morgan fingerprint density at radius 1 is 0.957 bits per heavy atom. The van der Waals surface area contributed by atoms with Crippen molar-refractivity contribution in [1.29, 1.82) is 5.26 Å². The van der Waals surface area contributed by atoms with Crippen LogP contribution < -0.4 is 0 Å². The number of carbonyl (C=O) groups is 2. The van der Waals surface area contributed by atoms with Crippen molar-refractivity contribution >= 4 is 11.9 Å². The minimum absolute atomic E-state index is 0.0302. The third kappa shape index (κ3) is 5.38. The summed E-state index contributed by atoms with van der Waals surface area (Å²) in [6, 6.07) is 2.28. The Hall–Kier alpha value is -1.83. The van der Waals surface area contributed by atoms with E-state index in [9.17, 15) is 9.59 Å². The van der Waals surface area contributed by atoms with Gasteiger partial charge in [-0.25, -0.2) is 4.79 Å². The van der Waals surface area contributed by atoms with E-state index >= 15 is 0 Å². The minimum Gasteiger partial charge on any atom is -0.462 e. The SMILES string of the molecule is C/C=C/C(=O)OC1CCC(C(=O)OC2CCC(C#N)CC2)CC1. The maximum Gasteiger partial charge on any atom is 0.330 e. The molecular formula is C18H25NO4. The Morgan fingerprint density at radius 2 is 1.52 bits per heavy atom. The van der Waals surface area contributed by atoms with Crippen LogP contribution in [0.25, 0.3) is 0 Å². The first kappa shape index (κ1) is 17.5. The fourth-order valence-electron chi connectivity index (χ4n) is 3.33. The molecule has 5 heteroatoms. The molecule has 0 aromatic carbocycles. The van der Waals surface area contributed by atoms with Gasteiger partial charge in [-0.1, -0.05) is 6.08 Å². The molecular weight excluding hydrogens is 294 g/mol. The van der Waals surface area contributed by atoms with E-state index in [0.29, 0.717) is 25.7 Å². The Kier molecular flexibility index (Phi) is 6.64. The van der Waals surface area contributed by atoms with Crippen molar-refractivity contribution in [2.24, 2.45) is 11.8 Å². The fourth-order valence-corrected chi connectivity index (χ4v) is 3.33. The van der Waals surface area contributed by atoms with Crippen LogP contribution in [-0.4, -0.2) is 24.1 Å². The number of allylic oxidation sites excluding steroid dienone is 1. The molecule has 0 aromatic rings. The first-order chi connectivity index (χ1) is 11.1. The van der Waals surface area contributed by atoms with Gasteiger partial charge in [-0.3, -0.25) is 4.79 Å². The van der Waals surface area contributed by atoms with Gasteiger partial charge in [0.1, 0.15) is 12.2 Å². The average molecular weight is 319 g/mol. The summed E-state index contributed by atoms with van der Waals surface area (Å²) in [6.45, 7) is 1.78. The van der Waals surface area contributed by atoms with Gasteiger partial charge in [0.05, 0.1) is 12.0 Å². The number of ether oxygens (including phenoxy) is 2. The summed E-state index contributed by atoms with van der Waals surface area (Å²) in [5, 5.41) is 8.89. The molecule has 0 heterocycles. The van der Waals surface area contributed by atoms with Gasteiger partial charge < -0.3 is 9.47 Å². The summed E-state index contributed by atoms with van der Waals surface area (Å²) >= 11 is 0. The number of esters is 2. The molecule has 0 atom stereocenters. The van der Waals surface area contributed by atoms with Crippen LogP contribution in [0.5, 0.6) is 0 Å². The average Bonchev–Trinajstić information content (AvgIpc) is 2.56. The molecule has 0 spiro atoms. The lowest BCUT2D eigenvalue weighted by atomic mass is 9.86. The smallest absolute Gasteiger partial charge is 0.330 e. The molecule has 0 amide bonds. The maximum atomic E-state index is 12.2. The fraction of sp³-hybridized carbons (Fsp3) is 0.722. The van der Waals surface area contributed by atoms with Crippen molar-refractivity contribution in [3.8, 4) is 6.07 Å². The second-order valence-electron chi connectivity index (χ2n) is 6.45. The zero-order chi connectivity index (χ0) is 16.7. The Bertz CT molecular complexity index is 478. The summed E-state index contributed by atoms with van der Waals surface area (Å²) in [5.41, 5.74) is 0. The normalized spacial score (nSPS) is 31.3. The monoisotopic (exact) mass is 319 g/mol. The first-order valence-corrected chi connectivity index (χ1v) is 8.55. The third-order valence-corrected chi connectivity index (χ3v) is 4.73. The molecule has 23 heavy (non-hydrogen) atoms. The third-order valence-electron chi connectivity index (χ3n) is 4.73. The second-order valence-corrected chi connectivity index (χ2v) is 6.45. The molecule has 0 aromatic heterocycles. The van der Waals surface area contributed by atoms with Crippen LogP contribution in [0.15, 0.2) is 12.2 Å². The number of hydrogen-bond acceptors (Lipinski definition) is 5. The zero-order valence-electron chi connectivity index (χ0n) is 13.7. The van der Waals surface area contributed by atoms with Crippen molar-refractivity contribution in [1.82, 2.24) is 0 Å². The zero-order valence-corrected chi connectivity index (χ0v) is 13.7. The summed E-state index contributed by atoms with van der Waals surface area (Å²) in [6.07, 6.45) is 9.02. The Labute approximate surface area is 137 Å². The second kappa shape index (κ2) is 8.71. The summed E-state index contributed by atoms with van der Waals surface area (Å²) in [7, 11) is 0. The van der Waals surface area contributed by atoms with Crippen LogP contribution in [0, 0.1) is 23.2 Å². The Balaban J connectivity index is 1.70. The molecule has 0 unspecified atom stereocenters. The van der Waals surface area contributed by atoms with Gasteiger partial charge in [0.2, 0.25) is 0 Å². The highest BCUT2D eigenvalue weighted by Crippen LogP contribution is 2.30. The van der Waals surface area contributed by atoms with E-state index in [1.54, 1.807) is 13.0 Å². The van der Waals surface area contributed by atoms with Crippen LogP contribution in [-0.2, 0) is 19.1 Å². The number of carbonyl (C=O) groups excluding carboxylic acids is 2. The highest BCUT2D eigenvalue weighted by molar-refractivity contribution is 5.82. The lowest BCUT2D eigenvalue weighted by molar-refractivity contribution is -0.158. The maximum absolute atomic E-state index is 12.2. The molecule has 0 saturated heterocycles. The lowest BCUT2D eigenvalue weighted by Crippen LogP contribution is -2.32. The van der Waals surface area contributed by atoms with Gasteiger partial charge >= 0.3 is 11.9 Å². The van der Waals surface area contributed by atoms with Crippen molar-refractivity contribution in [2.45, 2.75) is 70.5 Å².